The van der Waals surface area contributed by atoms with Gasteiger partial charge in [-0.05, 0) is 63.2 Å². The minimum Gasteiger partial charge on any atom is -0.309 e. The van der Waals surface area contributed by atoms with Crippen molar-refractivity contribution in [2.75, 3.05) is 20.6 Å². The predicted octanol–water partition coefficient (Wildman–Crippen LogP) is 5.68. The summed E-state index contributed by atoms with van der Waals surface area (Å²) in [5, 5.41) is 0. The third-order valence-corrected chi connectivity index (χ3v) is 5.63. The third kappa shape index (κ3) is 4.04. The summed E-state index contributed by atoms with van der Waals surface area (Å²) in [6.07, 6.45) is 11.1. The first-order valence-electron chi connectivity index (χ1n) is 9.52. The molecule has 0 bridgehead atoms. The lowest BCUT2D eigenvalue weighted by molar-refractivity contribution is 0.366. The highest BCUT2D eigenvalue weighted by Gasteiger charge is 2.33. The van der Waals surface area contributed by atoms with Crippen molar-refractivity contribution in [2.45, 2.75) is 66.2 Å². The molecule has 1 nitrogen and oxygen atoms in total. The molecule has 1 fully saturated rings. The van der Waals surface area contributed by atoms with Gasteiger partial charge in [-0.2, -0.15) is 0 Å². The molecule has 0 aromatic rings. The maximum Gasteiger partial charge on any atom is 0.00334 e. The molecular formula is C21H37N. The van der Waals surface area contributed by atoms with E-state index >= 15 is 0 Å². The van der Waals surface area contributed by atoms with Crippen molar-refractivity contribution in [3.8, 4) is 0 Å². The van der Waals surface area contributed by atoms with Gasteiger partial charge in [-0.3, -0.25) is 0 Å². The van der Waals surface area contributed by atoms with Crippen LogP contribution in [0.15, 0.2) is 22.8 Å². The van der Waals surface area contributed by atoms with Crippen LogP contribution in [0.4, 0.5) is 0 Å². The summed E-state index contributed by atoms with van der Waals surface area (Å²) < 4.78 is 0. The van der Waals surface area contributed by atoms with E-state index in [0.717, 1.165) is 5.92 Å². The smallest absolute Gasteiger partial charge is 0.00334 e. The highest BCUT2D eigenvalue weighted by molar-refractivity contribution is 5.45. The quantitative estimate of drug-likeness (QED) is 0.610. The highest BCUT2D eigenvalue weighted by Crippen LogP contribution is 2.46. The molecule has 1 saturated carbocycles. The fraction of sp³-hybridized carbons (Fsp3) is 0.810. The SMILES string of the molecule is CC(C)C1=CC(C2CCCCC2)=C(C(C)C)C1CCN(C)C. The first kappa shape index (κ1) is 17.8. The van der Waals surface area contributed by atoms with Gasteiger partial charge >= 0.3 is 0 Å². The van der Waals surface area contributed by atoms with Crippen LogP contribution in [0.3, 0.4) is 0 Å². The molecule has 22 heavy (non-hydrogen) atoms. The van der Waals surface area contributed by atoms with Crippen molar-refractivity contribution >= 4 is 0 Å². The van der Waals surface area contributed by atoms with Crippen molar-refractivity contribution in [3.05, 3.63) is 22.8 Å². The molecule has 0 spiro atoms. The van der Waals surface area contributed by atoms with E-state index in [1.54, 1.807) is 16.7 Å². The Morgan fingerprint density at radius 1 is 1.00 bits per heavy atom. The first-order chi connectivity index (χ1) is 10.4. The van der Waals surface area contributed by atoms with Crippen molar-refractivity contribution in [1.82, 2.24) is 4.90 Å². The molecule has 2 aliphatic rings. The fourth-order valence-corrected chi connectivity index (χ4v) is 4.53. The predicted molar refractivity (Wildman–Crippen MR) is 98.0 cm³/mol. The fourth-order valence-electron chi connectivity index (χ4n) is 4.53. The molecule has 2 aliphatic carbocycles. The summed E-state index contributed by atoms with van der Waals surface area (Å²) >= 11 is 0. The summed E-state index contributed by atoms with van der Waals surface area (Å²) in [6.45, 7) is 10.8. The molecule has 0 heterocycles. The standard InChI is InChI=1S/C21H37N/c1-15(2)19-14-20(17-10-8-7-9-11-17)21(16(3)4)18(19)12-13-22(5)6/h14-18H,7-13H2,1-6H3. The van der Waals surface area contributed by atoms with Crippen molar-refractivity contribution in [1.29, 1.82) is 0 Å². The van der Waals surface area contributed by atoms with Crippen LogP contribution < -0.4 is 0 Å². The van der Waals surface area contributed by atoms with Crippen LogP contribution in [0.2, 0.25) is 0 Å². The van der Waals surface area contributed by atoms with Crippen LogP contribution in [-0.2, 0) is 0 Å². The number of nitrogens with zero attached hydrogens (tertiary/aromatic N) is 1. The minimum atomic E-state index is 0.682. The van der Waals surface area contributed by atoms with Gasteiger partial charge in [0.1, 0.15) is 0 Å². The van der Waals surface area contributed by atoms with E-state index < -0.39 is 0 Å². The van der Waals surface area contributed by atoms with E-state index in [0.29, 0.717) is 17.8 Å². The van der Waals surface area contributed by atoms with E-state index in [-0.39, 0.29) is 0 Å². The van der Waals surface area contributed by atoms with Crippen LogP contribution in [0.1, 0.15) is 66.2 Å². The van der Waals surface area contributed by atoms with Crippen LogP contribution >= 0.6 is 0 Å². The van der Waals surface area contributed by atoms with Gasteiger partial charge in [0.05, 0.1) is 0 Å². The van der Waals surface area contributed by atoms with Gasteiger partial charge in [0.2, 0.25) is 0 Å². The number of hydrogen-bond donors (Lipinski definition) is 0. The Balaban J connectivity index is 2.30. The molecule has 0 N–H and O–H groups in total. The largest absolute Gasteiger partial charge is 0.309 e. The Labute approximate surface area is 138 Å². The lowest BCUT2D eigenvalue weighted by Crippen LogP contribution is -2.21. The van der Waals surface area contributed by atoms with Crippen molar-refractivity contribution < 1.29 is 0 Å². The molecule has 1 heteroatoms. The molecule has 0 aromatic heterocycles. The zero-order valence-electron chi connectivity index (χ0n) is 15.8. The van der Waals surface area contributed by atoms with Gasteiger partial charge in [-0.15, -0.1) is 0 Å². The molecule has 0 saturated heterocycles. The average Bonchev–Trinajstić information content (AvgIpc) is 2.85. The Morgan fingerprint density at radius 3 is 2.14 bits per heavy atom. The maximum atomic E-state index is 2.64. The summed E-state index contributed by atoms with van der Waals surface area (Å²) in [7, 11) is 4.41. The molecule has 0 aromatic carbocycles. The molecule has 0 amide bonds. The van der Waals surface area contributed by atoms with Crippen LogP contribution in [0.25, 0.3) is 0 Å². The molecule has 0 aliphatic heterocycles. The maximum absolute atomic E-state index is 2.64. The highest BCUT2D eigenvalue weighted by atomic mass is 15.0. The zero-order valence-corrected chi connectivity index (χ0v) is 15.8. The van der Waals surface area contributed by atoms with Gasteiger partial charge in [-0.25, -0.2) is 0 Å². The normalized spacial score (nSPS) is 24.0. The second-order valence-electron chi connectivity index (χ2n) is 8.34. The summed E-state index contributed by atoms with van der Waals surface area (Å²) in [5.74, 6) is 2.93. The van der Waals surface area contributed by atoms with Gasteiger partial charge in [0, 0.05) is 5.92 Å². The molecule has 1 unspecified atom stereocenters. The minimum absolute atomic E-state index is 0.682. The lowest BCUT2D eigenvalue weighted by atomic mass is 9.78. The molecular weight excluding hydrogens is 266 g/mol. The van der Waals surface area contributed by atoms with Gasteiger partial charge in [-0.1, -0.05) is 64.2 Å². The van der Waals surface area contributed by atoms with Crippen molar-refractivity contribution in [2.24, 2.45) is 23.7 Å². The Kier molecular flexibility index (Phi) is 6.32. The Hall–Kier alpha value is -0.560. The topological polar surface area (TPSA) is 3.24 Å². The van der Waals surface area contributed by atoms with Crippen LogP contribution in [0.5, 0.6) is 0 Å². The second-order valence-corrected chi connectivity index (χ2v) is 8.34. The number of allylic oxidation sites excluding steroid dienone is 4. The van der Waals surface area contributed by atoms with E-state index in [1.165, 1.54) is 45.1 Å². The second kappa shape index (κ2) is 7.81. The molecule has 126 valence electrons. The average molecular weight is 304 g/mol. The van der Waals surface area contributed by atoms with Gasteiger partial charge in [0.25, 0.3) is 0 Å². The first-order valence-corrected chi connectivity index (χ1v) is 9.52. The Bertz CT molecular complexity index is 419. The van der Waals surface area contributed by atoms with Crippen LogP contribution in [0, 0.1) is 23.7 Å². The van der Waals surface area contributed by atoms with Crippen LogP contribution in [-0.4, -0.2) is 25.5 Å². The monoisotopic (exact) mass is 303 g/mol. The third-order valence-electron chi connectivity index (χ3n) is 5.63. The summed E-state index contributed by atoms with van der Waals surface area (Å²) in [4.78, 5) is 2.34. The van der Waals surface area contributed by atoms with Crippen molar-refractivity contribution in [3.63, 3.8) is 0 Å². The van der Waals surface area contributed by atoms with E-state index in [1.807, 2.05) is 0 Å². The van der Waals surface area contributed by atoms with E-state index in [4.69, 9.17) is 0 Å². The summed E-state index contributed by atoms with van der Waals surface area (Å²) in [5.41, 5.74) is 5.26. The van der Waals surface area contributed by atoms with E-state index in [2.05, 4.69) is 52.8 Å². The summed E-state index contributed by atoms with van der Waals surface area (Å²) in [6, 6.07) is 0. The Morgan fingerprint density at radius 2 is 1.64 bits per heavy atom. The molecule has 1 atom stereocenters. The zero-order chi connectivity index (χ0) is 16.3. The number of hydrogen-bond acceptors (Lipinski definition) is 1. The van der Waals surface area contributed by atoms with Gasteiger partial charge < -0.3 is 4.90 Å². The van der Waals surface area contributed by atoms with Gasteiger partial charge in [0.15, 0.2) is 0 Å². The number of rotatable bonds is 6. The lowest BCUT2D eigenvalue weighted by Gasteiger charge is -2.28. The molecule has 0 radical (unpaired) electrons. The van der Waals surface area contributed by atoms with E-state index in [9.17, 15) is 0 Å². The molecule has 2 rings (SSSR count).